The number of halogens is 2. The molecule has 1 amide bonds. The Morgan fingerprint density at radius 1 is 1.19 bits per heavy atom. The molecule has 0 saturated heterocycles. The Bertz CT molecular complexity index is 779. The van der Waals surface area contributed by atoms with E-state index in [9.17, 15) is 9.18 Å². The van der Waals surface area contributed by atoms with E-state index >= 15 is 0 Å². The predicted molar refractivity (Wildman–Crippen MR) is 99.6 cm³/mol. The Kier molecular flexibility index (Phi) is 7.41. The van der Waals surface area contributed by atoms with Crippen LogP contribution in [-0.4, -0.2) is 25.3 Å². The van der Waals surface area contributed by atoms with Gasteiger partial charge in [-0.05, 0) is 49.2 Å². The lowest BCUT2D eigenvalue weighted by molar-refractivity contribution is -0.120. The fraction of sp³-hybridized carbons (Fsp3) is 0.263. The van der Waals surface area contributed by atoms with Crippen LogP contribution in [0.25, 0.3) is 0 Å². The maximum Gasteiger partial charge on any atom is 0.244 e. The van der Waals surface area contributed by atoms with Crippen LogP contribution in [-0.2, 0) is 11.2 Å². The highest BCUT2D eigenvalue weighted by Crippen LogP contribution is 2.36. The summed E-state index contributed by atoms with van der Waals surface area (Å²) in [7, 11) is 0. The van der Waals surface area contributed by atoms with Gasteiger partial charge in [0.05, 0.1) is 30.9 Å². The van der Waals surface area contributed by atoms with Crippen LogP contribution in [0.3, 0.4) is 0 Å². The number of hydrazone groups is 1. The number of hydrogen-bond acceptors (Lipinski definition) is 4. The number of rotatable bonds is 8. The third-order valence-corrected chi connectivity index (χ3v) is 3.58. The minimum absolute atomic E-state index is 0.103. The SMILES string of the molecule is CCOc1cc(/C=N/NC(=O)Cc2ccc(F)cc2)cc(Cl)c1OCC. The second-order valence-electron chi connectivity index (χ2n) is 5.29. The molecule has 0 atom stereocenters. The number of benzene rings is 2. The number of ether oxygens (including phenoxy) is 2. The molecule has 0 aliphatic carbocycles. The summed E-state index contributed by atoms with van der Waals surface area (Å²) in [5.41, 5.74) is 3.78. The highest BCUT2D eigenvalue weighted by Gasteiger charge is 2.11. The predicted octanol–water partition coefficient (Wildman–Crippen LogP) is 3.97. The van der Waals surface area contributed by atoms with Gasteiger partial charge in [0, 0.05) is 0 Å². The van der Waals surface area contributed by atoms with Crippen LogP contribution in [0.15, 0.2) is 41.5 Å². The van der Waals surface area contributed by atoms with Gasteiger partial charge in [0.25, 0.3) is 0 Å². The van der Waals surface area contributed by atoms with Crippen LogP contribution < -0.4 is 14.9 Å². The summed E-state index contributed by atoms with van der Waals surface area (Å²) in [5.74, 6) is 0.342. The van der Waals surface area contributed by atoms with Crippen molar-refractivity contribution in [2.75, 3.05) is 13.2 Å². The van der Waals surface area contributed by atoms with Crippen LogP contribution in [0.2, 0.25) is 5.02 Å². The van der Waals surface area contributed by atoms with Crippen molar-refractivity contribution in [3.05, 3.63) is 58.4 Å². The van der Waals surface area contributed by atoms with Gasteiger partial charge in [-0.15, -0.1) is 0 Å². The van der Waals surface area contributed by atoms with Crippen molar-refractivity contribution in [2.24, 2.45) is 5.10 Å². The molecule has 5 nitrogen and oxygen atoms in total. The third-order valence-electron chi connectivity index (χ3n) is 3.30. The van der Waals surface area contributed by atoms with Crippen LogP contribution in [0, 0.1) is 5.82 Å². The van der Waals surface area contributed by atoms with E-state index in [0.29, 0.717) is 40.9 Å². The largest absolute Gasteiger partial charge is 0.490 e. The standard InChI is InChI=1S/C19H20ClFN2O3/c1-3-25-17-10-14(9-16(20)19(17)26-4-2)12-22-23-18(24)11-13-5-7-15(21)8-6-13/h5-10,12H,3-4,11H2,1-2H3,(H,23,24)/b22-12+. The van der Waals surface area contributed by atoms with Gasteiger partial charge in [-0.2, -0.15) is 5.10 Å². The highest BCUT2D eigenvalue weighted by atomic mass is 35.5. The van der Waals surface area contributed by atoms with Gasteiger partial charge in [-0.25, -0.2) is 9.82 Å². The van der Waals surface area contributed by atoms with Crippen molar-refractivity contribution in [3.8, 4) is 11.5 Å². The molecule has 2 rings (SSSR count). The molecule has 26 heavy (non-hydrogen) atoms. The van der Waals surface area contributed by atoms with Crippen LogP contribution in [0.4, 0.5) is 4.39 Å². The van der Waals surface area contributed by atoms with Gasteiger partial charge in [0.15, 0.2) is 11.5 Å². The van der Waals surface area contributed by atoms with Crippen molar-refractivity contribution in [1.29, 1.82) is 0 Å². The summed E-state index contributed by atoms with van der Waals surface area (Å²) in [5, 5.41) is 4.32. The normalized spacial score (nSPS) is 10.8. The van der Waals surface area contributed by atoms with Gasteiger partial charge < -0.3 is 9.47 Å². The first kappa shape index (κ1) is 19.7. The van der Waals surface area contributed by atoms with Gasteiger partial charge in [0.2, 0.25) is 5.91 Å². The average molecular weight is 379 g/mol. The number of amides is 1. The Morgan fingerprint density at radius 3 is 2.54 bits per heavy atom. The number of hydrogen-bond donors (Lipinski definition) is 1. The van der Waals surface area contributed by atoms with Crippen LogP contribution >= 0.6 is 11.6 Å². The number of nitrogens with zero attached hydrogens (tertiary/aromatic N) is 1. The molecule has 2 aromatic carbocycles. The first-order chi connectivity index (χ1) is 12.5. The second-order valence-corrected chi connectivity index (χ2v) is 5.70. The molecule has 2 aromatic rings. The number of carbonyl (C=O) groups excluding carboxylic acids is 1. The Balaban J connectivity index is 2.02. The minimum Gasteiger partial charge on any atom is -0.490 e. The van der Waals surface area contributed by atoms with Gasteiger partial charge in [-0.1, -0.05) is 23.7 Å². The minimum atomic E-state index is -0.343. The fourth-order valence-corrected chi connectivity index (χ4v) is 2.49. The van der Waals surface area contributed by atoms with E-state index in [1.54, 1.807) is 24.3 Å². The first-order valence-corrected chi connectivity index (χ1v) is 8.56. The molecular weight excluding hydrogens is 359 g/mol. The van der Waals surface area contributed by atoms with Crippen molar-refractivity contribution in [2.45, 2.75) is 20.3 Å². The zero-order valence-electron chi connectivity index (χ0n) is 14.6. The molecule has 0 heterocycles. The molecule has 0 aromatic heterocycles. The zero-order valence-corrected chi connectivity index (χ0v) is 15.3. The molecule has 0 radical (unpaired) electrons. The Morgan fingerprint density at radius 2 is 1.88 bits per heavy atom. The summed E-state index contributed by atoms with van der Waals surface area (Å²) in [6, 6.07) is 9.13. The summed E-state index contributed by atoms with van der Waals surface area (Å²) in [4.78, 5) is 11.9. The summed E-state index contributed by atoms with van der Waals surface area (Å²) >= 11 is 6.23. The third kappa shape index (κ3) is 5.74. The zero-order chi connectivity index (χ0) is 18.9. The quantitative estimate of drug-likeness (QED) is 0.558. The lowest BCUT2D eigenvalue weighted by Crippen LogP contribution is -2.19. The van der Waals surface area contributed by atoms with E-state index in [4.69, 9.17) is 21.1 Å². The lowest BCUT2D eigenvalue weighted by atomic mass is 10.1. The van der Waals surface area contributed by atoms with Crippen LogP contribution in [0.5, 0.6) is 11.5 Å². The highest BCUT2D eigenvalue weighted by molar-refractivity contribution is 6.32. The van der Waals surface area contributed by atoms with E-state index in [1.165, 1.54) is 18.3 Å². The monoisotopic (exact) mass is 378 g/mol. The number of carbonyl (C=O) groups is 1. The smallest absolute Gasteiger partial charge is 0.244 e. The molecule has 138 valence electrons. The van der Waals surface area contributed by atoms with Crippen molar-refractivity contribution in [3.63, 3.8) is 0 Å². The molecule has 0 aliphatic rings. The van der Waals surface area contributed by atoms with Gasteiger partial charge in [-0.3, -0.25) is 4.79 Å². The fourth-order valence-electron chi connectivity index (χ4n) is 2.22. The maximum absolute atomic E-state index is 12.9. The Hall–Kier alpha value is -2.60. The van der Waals surface area contributed by atoms with E-state index in [2.05, 4.69) is 10.5 Å². The topological polar surface area (TPSA) is 59.9 Å². The molecular formula is C19H20ClFN2O3. The van der Waals surface area contributed by atoms with Crippen molar-refractivity contribution in [1.82, 2.24) is 5.43 Å². The first-order valence-electron chi connectivity index (χ1n) is 8.19. The molecule has 1 N–H and O–H groups in total. The molecule has 0 fully saturated rings. The molecule has 0 unspecified atom stereocenters. The van der Waals surface area contributed by atoms with E-state index < -0.39 is 0 Å². The van der Waals surface area contributed by atoms with E-state index in [-0.39, 0.29) is 18.1 Å². The molecule has 0 bridgehead atoms. The summed E-state index contributed by atoms with van der Waals surface area (Å²) < 4.78 is 23.9. The average Bonchev–Trinajstić information content (AvgIpc) is 2.60. The molecule has 0 aliphatic heterocycles. The van der Waals surface area contributed by atoms with Gasteiger partial charge in [0.1, 0.15) is 5.82 Å². The van der Waals surface area contributed by atoms with E-state index in [1.807, 2.05) is 13.8 Å². The summed E-state index contributed by atoms with van der Waals surface area (Å²) in [6.07, 6.45) is 1.57. The van der Waals surface area contributed by atoms with Crippen LogP contribution in [0.1, 0.15) is 25.0 Å². The second kappa shape index (κ2) is 9.77. The maximum atomic E-state index is 12.9. The Labute approximate surface area is 156 Å². The molecule has 0 saturated carbocycles. The summed E-state index contributed by atoms with van der Waals surface area (Å²) in [6.45, 7) is 4.65. The van der Waals surface area contributed by atoms with Gasteiger partial charge >= 0.3 is 0 Å². The van der Waals surface area contributed by atoms with Crippen molar-refractivity contribution < 1.29 is 18.7 Å². The lowest BCUT2D eigenvalue weighted by Gasteiger charge is -2.13. The number of nitrogens with one attached hydrogen (secondary N) is 1. The molecule has 0 spiro atoms. The van der Waals surface area contributed by atoms with Crippen molar-refractivity contribution >= 4 is 23.7 Å². The molecule has 7 heteroatoms. The van der Waals surface area contributed by atoms with E-state index in [0.717, 1.165) is 0 Å².